The SMILES string of the molecule is CCc1nc(N)cc(N2CCOC(C#N)C2)n1. The molecular formula is C11H15N5O. The van der Waals surface area contributed by atoms with Gasteiger partial charge in [0.05, 0.1) is 19.2 Å². The van der Waals surface area contributed by atoms with Crippen LogP contribution in [0.1, 0.15) is 12.7 Å². The summed E-state index contributed by atoms with van der Waals surface area (Å²) >= 11 is 0. The zero-order valence-corrected chi connectivity index (χ0v) is 9.76. The normalized spacial score (nSPS) is 20.0. The standard InChI is InChI=1S/C11H15N5O/c1-2-10-14-9(13)5-11(15-10)16-3-4-17-8(6-12)7-16/h5,8H,2-4,7H2,1H3,(H2,13,14,15). The van der Waals surface area contributed by atoms with Crippen LogP contribution in [0, 0.1) is 11.3 Å². The molecule has 90 valence electrons. The second-order valence-electron chi connectivity index (χ2n) is 3.86. The maximum atomic E-state index is 8.85. The fraction of sp³-hybridized carbons (Fsp3) is 0.545. The van der Waals surface area contributed by atoms with Crippen LogP contribution in [0.3, 0.4) is 0 Å². The number of rotatable bonds is 2. The Balaban J connectivity index is 2.21. The van der Waals surface area contributed by atoms with Gasteiger partial charge in [0.15, 0.2) is 6.10 Å². The van der Waals surface area contributed by atoms with Crippen molar-refractivity contribution in [1.82, 2.24) is 9.97 Å². The van der Waals surface area contributed by atoms with E-state index in [9.17, 15) is 0 Å². The van der Waals surface area contributed by atoms with Crippen molar-refractivity contribution in [2.75, 3.05) is 30.3 Å². The number of nitriles is 1. The molecule has 1 saturated heterocycles. The Morgan fingerprint density at radius 3 is 3.18 bits per heavy atom. The minimum absolute atomic E-state index is 0.398. The average Bonchev–Trinajstić information content (AvgIpc) is 2.38. The van der Waals surface area contributed by atoms with Gasteiger partial charge in [0.2, 0.25) is 0 Å². The van der Waals surface area contributed by atoms with E-state index in [1.807, 2.05) is 11.8 Å². The quantitative estimate of drug-likeness (QED) is 0.793. The first-order valence-electron chi connectivity index (χ1n) is 5.62. The van der Waals surface area contributed by atoms with Crippen molar-refractivity contribution >= 4 is 11.6 Å². The fourth-order valence-corrected chi connectivity index (χ4v) is 1.76. The molecule has 0 aromatic carbocycles. The van der Waals surface area contributed by atoms with Crippen LogP contribution in [-0.2, 0) is 11.2 Å². The molecule has 1 fully saturated rings. The highest BCUT2D eigenvalue weighted by molar-refractivity contribution is 5.47. The van der Waals surface area contributed by atoms with Gasteiger partial charge in [-0.2, -0.15) is 5.26 Å². The molecule has 1 atom stereocenters. The van der Waals surface area contributed by atoms with E-state index >= 15 is 0 Å². The molecule has 6 nitrogen and oxygen atoms in total. The molecule has 6 heteroatoms. The van der Waals surface area contributed by atoms with Gasteiger partial charge in [0.1, 0.15) is 17.5 Å². The minimum Gasteiger partial charge on any atom is -0.384 e. The van der Waals surface area contributed by atoms with Gasteiger partial charge in [-0.05, 0) is 0 Å². The Hall–Kier alpha value is -1.87. The Bertz CT molecular complexity index is 442. The Morgan fingerprint density at radius 1 is 1.65 bits per heavy atom. The highest BCUT2D eigenvalue weighted by atomic mass is 16.5. The van der Waals surface area contributed by atoms with E-state index < -0.39 is 6.10 Å². The predicted molar refractivity (Wildman–Crippen MR) is 63.4 cm³/mol. The van der Waals surface area contributed by atoms with E-state index in [1.165, 1.54) is 0 Å². The number of nitrogens with zero attached hydrogens (tertiary/aromatic N) is 4. The van der Waals surface area contributed by atoms with E-state index in [-0.39, 0.29) is 0 Å². The number of hydrogen-bond acceptors (Lipinski definition) is 6. The summed E-state index contributed by atoms with van der Waals surface area (Å²) in [5.41, 5.74) is 5.73. The smallest absolute Gasteiger partial charge is 0.161 e. The monoisotopic (exact) mass is 233 g/mol. The summed E-state index contributed by atoms with van der Waals surface area (Å²) < 4.78 is 5.29. The number of ether oxygens (including phenoxy) is 1. The lowest BCUT2D eigenvalue weighted by molar-refractivity contribution is 0.0761. The van der Waals surface area contributed by atoms with E-state index in [0.717, 1.165) is 24.6 Å². The van der Waals surface area contributed by atoms with Gasteiger partial charge in [-0.1, -0.05) is 6.92 Å². The summed E-state index contributed by atoms with van der Waals surface area (Å²) in [5.74, 6) is 1.96. The molecule has 2 N–H and O–H groups in total. The molecule has 0 spiro atoms. The number of anilines is 2. The molecule has 1 aliphatic heterocycles. The Kier molecular flexibility index (Phi) is 3.40. The lowest BCUT2D eigenvalue weighted by Gasteiger charge is -2.30. The lowest BCUT2D eigenvalue weighted by atomic mass is 10.3. The van der Waals surface area contributed by atoms with Crippen molar-refractivity contribution in [3.63, 3.8) is 0 Å². The van der Waals surface area contributed by atoms with Crippen LogP contribution in [0.25, 0.3) is 0 Å². The largest absolute Gasteiger partial charge is 0.384 e. The van der Waals surface area contributed by atoms with Crippen molar-refractivity contribution in [3.8, 4) is 6.07 Å². The molecule has 1 aliphatic rings. The van der Waals surface area contributed by atoms with Crippen LogP contribution in [0.5, 0.6) is 0 Å². The second kappa shape index (κ2) is 4.97. The van der Waals surface area contributed by atoms with Crippen LogP contribution in [0.4, 0.5) is 11.6 Å². The van der Waals surface area contributed by atoms with Gasteiger partial charge < -0.3 is 15.4 Å². The van der Waals surface area contributed by atoms with Gasteiger partial charge in [-0.25, -0.2) is 9.97 Å². The molecule has 1 aromatic rings. The van der Waals surface area contributed by atoms with Crippen molar-refractivity contribution in [2.45, 2.75) is 19.4 Å². The second-order valence-corrected chi connectivity index (χ2v) is 3.86. The van der Waals surface area contributed by atoms with Gasteiger partial charge >= 0.3 is 0 Å². The summed E-state index contributed by atoms with van der Waals surface area (Å²) in [7, 11) is 0. The number of hydrogen-bond donors (Lipinski definition) is 1. The first kappa shape index (κ1) is 11.6. The molecule has 0 saturated carbocycles. The molecule has 0 amide bonds. The number of morpholine rings is 1. The summed E-state index contributed by atoms with van der Waals surface area (Å²) in [6.45, 7) is 3.76. The van der Waals surface area contributed by atoms with Crippen molar-refractivity contribution in [1.29, 1.82) is 5.26 Å². The molecule has 1 aromatic heterocycles. The first-order chi connectivity index (χ1) is 8.22. The average molecular weight is 233 g/mol. The van der Waals surface area contributed by atoms with E-state index in [0.29, 0.717) is 19.0 Å². The van der Waals surface area contributed by atoms with E-state index in [2.05, 4.69) is 16.0 Å². The molecule has 1 unspecified atom stereocenters. The topological polar surface area (TPSA) is 88.1 Å². The number of nitrogen functional groups attached to an aromatic ring is 1. The van der Waals surface area contributed by atoms with Gasteiger partial charge in [0.25, 0.3) is 0 Å². The third-order valence-corrected chi connectivity index (χ3v) is 2.63. The highest BCUT2D eigenvalue weighted by Crippen LogP contribution is 2.17. The summed E-state index contributed by atoms with van der Waals surface area (Å²) in [4.78, 5) is 10.6. The Labute approximate surface area is 100 Å². The lowest BCUT2D eigenvalue weighted by Crippen LogP contribution is -2.42. The van der Waals surface area contributed by atoms with Gasteiger partial charge in [-0.3, -0.25) is 0 Å². The zero-order valence-electron chi connectivity index (χ0n) is 9.76. The maximum Gasteiger partial charge on any atom is 0.161 e. The van der Waals surface area contributed by atoms with Crippen LogP contribution in [0.15, 0.2) is 6.07 Å². The van der Waals surface area contributed by atoms with Crippen molar-refractivity contribution in [2.24, 2.45) is 0 Å². The van der Waals surface area contributed by atoms with Crippen LogP contribution >= 0.6 is 0 Å². The minimum atomic E-state index is -0.398. The summed E-state index contributed by atoms with van der Waals surface area (Å²) in [6.07, 6.45) is 0.342. The van der Waals surface area contributed by atoms with Crippen molar-refractivity contribution < 1.29 is 4.74 Å². The summed E-state index contributed by atoms with van der Waals surface area (Å²) in [5, 5.41) is 8.85. The molecule has 0 bridgehead atoms. The van der Waals surface area contributed by atoms with Gasteiger partial charge in [0, 0.05) is 19.0 Å². The zero-order chi connectivity index (χ0) is 12.3. The molecule has 2 rings (SSSR count). The molecule has 17 heavy (non-hydrogen) atoms. The van der Waals surface area contributed by atoms with Crippen molar-refractivity contribution in [3.05, 3.63) is 11.9 Å². The summed E-state index contributed by atoms with van der Waals surface area (Å²) in [6, 6.07) is 3.84. The maximum absolute atomic E-state index is 8.85. The Morgan fingerprint density at radius 2 is 2.47 bits per heavy atom. The molecule has 0 radical (unpaired) electrons. The number of aromatic nitrogens is 2. The number of nitrogens with two attached hydrogens (primary N) is 1. The third kappa shape index (κ3) is 2.63. The predicted octanol–water partition coefficient (Wildman–Crippen LogP) is 0.350. The van der Waals surface area contributed by atoms with E-state index in [4.69, 9.17) is 15.7 Å². The number of aryl methyl sites for hydroxylation is 1. The van der Waals surface area contributed by atoms with Crippen LogP contribution in [0.2, 0.25) is 0 Å². The first-order valence-corrected chi connectivity index (χ1v) is 5.62. The van der Waals surface area contributed by atoms with Crippen LogP contribution in [-0.4, -0.2) is 35.8 Å². The van der Waals surface area contributed by atoms with Gasteiger partial charge in [-0.15, -0.1) is 0 Å². The van der Waals surface area contributed by atoms with E-state index in [1.54, 1.807) is 6.07 Å². The molecule has 2 heterocycles. The third-order valence-electron chi connectivity index (χ3n) is 2.63. The molecule has 0 aliphatic carbocycles. The molecular weight excluding hydrogens is 218 g/mol. The van der Waals surface area contributed by atoms with Crippen LogP contribution < -0.4 is 10.6 Å². The fourth-order valence-electron chi connectivity index (χ4n) is 1.76. The highest BCUT2D eigenvalue weighted by Gasteiger charge is 2.21.